The molecule has 0 aliphatic carbocycles. The topological polar surface area (TPSA) is 68.3 Å². The highest BCUT2D eigenvalue weighted by atomic mass is 32.1. The summed E-state index contributed by atoms with van der Waals surface area (Å²) in [6.45, 7) is 2.08. The lowest BCUT2D eigenvalue weighted by Gasteiger charge is -2.35. The number of carbonyl (C=O) groups excluding carboxylic acids is 2. The molecule has 2 saturated heterocycles. The Morgan fingerprint density at radius 3 is 2.61 bits per heavy atom. The first kappa shape index (κ1) is 21.2. The molecule has 0 N–H and O–H groups in total. The number of thiophene rings is 1. The normalized spacial score (nSPS) is 19.6. The van der Waals surface area contributed by atoms with Gasteiger partial charge in [0.1, 0.15) is 18.1 Å². The van der Waals surface area contributed by atoms with Crippen molar-refractivity contribution in [3.63, 3.8) is 0 Å². The predicted molar refractivity (Wildman–Crippen MR) is 118 cm³/mol. The standard InChI is InChI=1S/C23H26N2O5S/c1-28-18-4-6-19(7-5-18)29-16-20-15-25(23(27)30-20)17-10-12-24(13-11-17)22(26)9-8-21-3-2-14-31-21/h2-9,14,17,20H,10-13,15-16H2,1H3/b9-8+. The van der Waals surface area contributed by atoms with Gasteiger partial charge < -0.3 is 24.0 Å². The average molecular weight is 443 g/mol. The molecule has 1 aromatic carbocycles. The van der Waals surface area contributed by atoms with E-state index in [2.05, 4.69) is 0 Å². The van der Waals surface area contributed by atoms with Crippen LogP contribution in [-0.4, -0.2) is 67.3 Å². The SMILES string of the molecule is COc1ccc(OCC2CN(C3CCN(C(=O)/C=C/c4cccs4)CC3)C(=O)O2)cc1. The first-order valence-electron chi connectivity index (χ1n) is 10.4. The maximum Gasteiger partial charge on any atom is 0.410 e. The minimum absolute atomic E-state index is 0.0154. The molecular weight excluding hydrogens is 416 g/mol. The van der Waals surface area contributed by atoms with E-state index >= 15 is 0 Å². The molecule has 0 bridgehead atoms. The van der Waals surface area contributed by atoms with Crippen molar-refractivity contribution in [2.45, 2.75) is 25.0 Å². The lowest BCUT2D eigenvalue weighted by atomic mass is 10.0. The van der Waals surface area contributed by atoms with Crippen LogP contribution in [0.25, 0.3) is 6.08 Å². The molecule has 164 valence electrons. The zero-order valence-corrected chi connectivity index (χ0v) is 18.3. The van der Waals surface area contributed by atoms with Crippen molar-refractivity contribution >= 4 is 29.4 Å². The summed E-state index contributed by atoms with van der Waals surface area (Å²) < 4.78 is 16.4. The number of amides is 2. The lowest BCUT2D eigenvalue weighted by Crippen LogP contribution is -2.47. The molecule has 0 spiro atoms. The van der Waals surface area contributed by atoms with Crippen molar-refractivity contribution in [3.8, 4) is 11.5 Å². The van der Waals surface area contributed by atoms with Gasteiger partial charge in [-0.2, -0.15) is 0 Å². The maximum atomic E-state index is 12.4. The maximum absolute atomic E-state index is 12.4. The fraction of sp³-hybridized carbons (Fsp3) is 0.391. The Hall–Kier alpha value is -3.00. The van der Waals surface area contributed by atoms with Crippen LogP contribution in [-0.2, 0) is 9.53 Å². The number of benzene rings is 1. The number of ether oxygens (including phenoxy) is 3. The van der Waals surface area contributed by atoms with Gasteiger partial charge in [-0.05, 0) is 54.6 Å². The van der Waals surface area contributed by atoms with Gasteiger partial charge in [0.2, 0.25) is 5.91 Å². The molecule has 2 fully saturated rings. The number of methoxy groups -OCH3 is 1. The molecule has 31 heavy (non-hydrogen) atoms. The van der Waals surface area contributed by atoms with E-state index in [0.717, 1.165) is 23.5 Å². The molecule has 7 nitrogen and oxygen atoms in total. The first-order valence-corrected chi connectivity index (χ1v) is 11.2. The lowest BCUT2D eigenvalue weighted by molar-refractivity contribution is -0.127. The van der Waals surface area contributed by atoms with Gasteiger partial charge in [0, 0.05) is 30.1 Å². The molecule has 1 unspecified atom stereocenters. The molecule has 0 saturated carbocycles. The van der Waals surface area contributed by atoms with Crippen molar-refractivity contribution in [1.29, 1.82) is 0 Å². The first-order chi connectivity index (χ1) is 15.1. The zero-order chi connectivity index (χ0) is 21.6. The van der Waals surface area contributed by atoms with Gasteiger partial charge in [-0.25, -0.2) is 4.79 Å². The number of likely N-dealkylation sites (tertiary alicyclic amines) is 1. The molecule has 1 atom stereocenters. The minimum atomic E-state index is -0.303. The largest absolute Gasteiger partial charge is 0.497 e. The van der Waals surface area contributed by atoms with E-state index < -0.39 is 0 Å². The number of cyclic esters (lactones) is 1. The van der Waals surface area contributed by atoms with E-state index in [1.54, 1.807) is 29.4 Å². The predicted octanol–water partition coefficient (Wildman–Crippen LogP) is 3.66. The summed E-state index contributed by atoms with van der Waals surface area (Å²) in [7, 11) is 1.62. The van der Waals surface area contributed by atoms with E-state index in [-0.39, 0.29) is 24.1 Å². The smallest absolute Gasteiger partial charge is 0.410 e. The van der Waals surface area contributed by atoms with Crippen molar-refractivity contribution in [2.24, 2.45) is 0 Å². The number of hydrogen-bond acceptors (Lipinski definition) is 6. The number of carbonyl (C=O) groups is 2. The highest BCUT2D eigenvalue weighted by Gasteiger charge is 2.38. The Morgan fingerprint density at radius 1 is 1.19 bits per heavy atom. The van der Waals surface area contributed by atoms with Gasteiger partial charge in [0.25, 0.3) is 0 Å². The summed E-state index contributed by atoms with van der Waals surface area (Å²) in [5.41, 5.74) is 0. The summed E-state index contributed by atoms with van der Waals surface area (Å²) in [4.78, 5) is 29.5. The molecule has 3 heterocycles. The van der Waals surface area contributed by atoms with Gasteiger partial charge >= 0.3 is 6.09 Å². The summed E-state index contributed by atoms with van der Waals surface area (Å²) >= 11 is 1.60. The van der Waals surface area contributed by atoms with Crippen LogP contribution in [0.1, 0.15) is 17.7 Å². The molecule has 0 radical (unpaired) electrons. The van der Waals surface area contributed by atoms with E-state index in [1.807, 2.05) is 52.8 Å². The Labute approximate surface area is 185 Å². The Kier molecular flexibility index (Phi) is 6.76. The van der Waals surface area contributed by atoms with Crippen LogP contribution in [0.15, 0.2) is 47.9 Å². The third kappa shape index (κ3) is 5.38. The molecule has 1 aromatic heterocycles. The molecular formula is C23H26N2O5S. The minimum Gasteiger partial charge on any atom is -0.497 e. The van der Waals surface area contributed by atoms with E-state index in [9.17, 15) is 9.59 Å². The monoisotopic (exact) mass is 442 g/mol. The third-order valence-corrected chi connectivity index (χ3v) is 6.39. The second kappa shape index (κ2) is 9.87. The van der Waals surface area contributed by atoms with E-state index in [0.29, 0.717) is 32.0 Å². The van der Waals surface area contributed by atoms with Crippen molar-refractivity contribution in [2.75, 3.05) is 33.4 Å². The Bertz CT molecular complexity index is 905. The average Bonchev–Trinajstić information content (AvgIpc) is 3.46. The fourth-order valence-electron chi connectivity index (χ4n) is 3.83. The zero-order valence-electron chi connectivity index (χ0n) is 17.4. The molecule has 2 aromatic rings. The summed E-state index contributed by atoms with van der Waals surface area (Å²) in [5.74, 6) is 1.48. The summed E-state index contributed by atoms with van der Waals surface area (Å²) in [6, 6.07) is 11.3. The van der Waals surface area contributed by atoms with Crippen molar-refractivity contribution in [1.82, 2.24) is 9.80 Å². The van der Waals surface area contributed by atoms with E-state index in [1.165, 1.54) is 0 Å². The molecule has 2 aliphatic heterocycles. The summed E-state index contributed by atoms with van der Waals surface area (Å²) in [6.07, 6.45) is 4.38. The van der Waals surface area contributed by atoms with Crippen LogP contribution in [0.5, 0.6) is 11.5 Å². The second-order valence-corrected chi connectivity index (χ2v) is 8.53. The van der Waals surface area contributed by atoms with Crippen LogP contribution >= 0.6 is 11.3 Å². The van der Waals surface area contributed by atoms with Crippen LogP contribution in [0.2, 0.25) is 0 Å². The van der Waals surface area contributed by atoms with Crippen molar-refractivity contribution in [3.05, 3.63) is 52.7 Å². The van der Waals surface area contributed by atoms with Gasteiger partial charge in [-0.15, -0.1) is 11.3 Å². The van der Waals surface area contributed by atoms with Crippen molar-refractivity contribution < 1.29 is 23.8 Å². The fourth-order valence-corrected chi connectivity index (χ4v) is 4.45. The summed E-state index contributed by atoms with van der Waals surface area (Å²) in [5, 5.41) is 1.99. The Morgan fingerprint density at radius 2 is 1.94 bits per heavy atom. The quantitative estimate of drug-likeness (QED) is 0.612. The number of rotatable bonds is 7. The van der Waals surface area contributed by atoms with Crippen LogP contribution < -0.4 is 9.47 Å². The van der Waals surface area contributed by atoms with Crippen LogP contribution in [0.4, 0.5) is 4.79 Å². The number of nitrogens with zero attached hydrogens (tertiary/aromatic N) is 2. The number of piperidine rings is 1. The van der Waals surface area contributed by atoms with E-state index in [4.69, 9.17) is 14.2 Å². The van der Waals surface area contributed by atoms with Gasteiger partial charge in [0.15, 0.2) is 6.10 Å². The second-order valence-electron chi connectivity index (χ2n) is 7.55. The van der Waals surface area contributed by atoms with Gasteiger partial charge in [0.05, 0.1) is 13.7 Å². The number of hydrogen-bond donors (Lipinski definition) is 0. The molecule has 8 heteroatoms. The highest BCUT2D eigenvalue weighted by Crippen LogP contribution is 2.24. The molecule has 2 aliphatic rings. The Balaban J connectivity index is 1.23. The van der Waals surface area contributed by atoms with Gasteiger partial charge in [-0.3, -0.25) is 4.79 Å². The van der Waals surface area contributed by atoms with Crippen LogP contribution in [0.3, 0.4) is 0 Å². The van der Waals surface area contributed by atoms with Crippen LogP contribution in [0, 0.1) is 0 Å². The molecule has 4 rings (SSSR count). The third-order valence-electron chi connectivity index (χ3n) is 5.55. The van der Waals surface area contributed by atoms with Gasteiger partial charge in [-0.1, -0.05) is 6.07 Å². The molecule has 2 amide bonds. The highest BCUT2D eigenvalue weighted by molar-refractivity contribution is 7.10.